The number of nitrogens with one attached hydrogen (secondary N) is 4. The zero-order valence-electron chi connectivity index (χ0n) is 47.5. The zero-order chi connectivity index (χ0) is 53.3. The Bertz CT molecular complexity index is 1400. The first-order chi connectivity index (χ1) is 35.7. The molecule has 0 fully saturated rings. The molecule has 0 aliphatic carbocycles. The molecule has 0 saturated carbocycles. The maximum absolute atomic E-state index is 13.6. The fraction of sp³-hybridized carbons (Fsp3) is 0.864. The maximum atomic E-state index is 13.6. The van der Waals surface area contributed by atoms with Crippen LogP contribution in [0.15, 0.2) is 20.3 Å². The van der Waals surface area contributed by atoms with Gasteiger partial charge in [0, 0.05) is 31.5 Å². The monoisotopic (exact) mass is 1030 g/mol. The van der Waals surface area contributed by atoms with Crippen LogP contribution in [0.25, 0.3) is 0 Å². The van der Waals surface area contributed by atoms with Crippen molar-refractivity contribution in [3.63, 3.8) is 0 Å². The van der Waals surface area contributed by atoms with E-state index in [1.165, 1.54) is 212 Å². The van der Waals surface area contributed by atoms with Gasteiger partial charge in [-0.2, -0.15) is 15.3 Å². The van der Waals surface area contributed by atoms with Gasteiger partial charge >= 0.3 is 0 Å². The maximum Gasteiger partial charge on any atom is 0.262 e. The Morgan fingerprint density at radius 2 is 0.644 bits per heavy atom. The number of unbranched alkanes of at least 4 members (excludes halogenated alkanes) is 39. The van der Waals surface area contributed by atoms with Crippen molar-refractivity contribution in [1.82, 2.24) is 21.6 Å². The first-order valence-electron chi connectivity index (χ1n) is 30.6. The van der Waals surface area contributed by atoms with Gasteiger partial charge in [-0.05, 0) is 51.4 Å². The van der Waals surface area contributed by atoms with E-state index in [4.69, 9.17) is 11.5 Å². The Labute approximate surface area is 447 Å². The second-order valence-corrected chi connectivity index (χ2v) is 20.8. The average Bonchev–Trinajstić information content (AvgIpc) is 3.38. The third-order valence-electron chi connectivity index (χ3n) is 13.7. The molecule has 0 aromatic heterocycles. The van der Waals surface area contributed by atoms with Crippen LogP contribution in [0, 0.1) is 0 Å². The summed E-state index contributed by atoms with van der Waals surface area (Å²) < 4.78 is 0. The molecule has 0 bridgehead atoms. The standard InChI is InChI=1S/C59H114N10O4/c1-4-7-10-13-16-19-22-25-28-31-34-37-40-43-50-62-67-55(70)48-46-53(66-59(60)61)57(72)65-54(58(73)69-64-52-45-42-39-36-33-30-27-24-21-18-15-12-9-6-3)47-49-56(71)68-63-51-44-41-38-35-32-29-26-23-20-17-14-11-8-5-2/h50-54H,4-49H2,1-3H3,(H,65,72)(H,67,70)(H,68,71)(H,69,73)(H4,60,61,66)/b62-50+,63-51+,64-52+/t53-,54-/m0/s1. The third-order valence-corrected chi connectivity index (χ3v) is 13.7. The summed E-state index contributed by atoms with van der Waals surface area (Å²) >= 11 is 0. The van der Waals surface area contributed by atoms with E-state index >= 15 is 0 Å². The number of hydrogen-bond acceptors (Lipinski definition) is 8. The molecule has 424 valence electrons. The van der Waals surface area contributed by atoms with Crippen LogP contribution in [0.1, 0.15) is 316 Å². The van der Waals surface area contributed by atoms with Crippen LogP contribution in [0.5, 0.6) is 0 Å². The number of aliphatic imine (C=N–C) groups is 1. The van der Waals surface area contributed by atoms with Gasteiger partial charge in [-0.1, -0.05) is 252 Å². The molecule has 73 heavy (non-hydrogen) atoms. The lowest BCUT2D eigenvalue weighted by molar-refractivity contribution is -0.130. The summed E-state index contributed by atoms with van der Waals surface area (Å²) in [7, 11) is 0. The molecule has 2 atom stereocenters. The van der Waals surface area contributed by atoms with Crippen LogP contribution in [-0.2, 0) is 19.2 Å². The minimum Gasteiger partial charge on any atom is -0.370 e. The van der Waals surface area contributed by atoms with Gasteiger partial charge in [0.05, 0.1) is 0 Å². The molecular weight excluding hydrogens is 913 g/mol. The van der Waals surface area contributed by atoms with Crippen LogP contribution < -0.4 is 33.1 Å². The Morgan fingerprint density at radius 1 is 0.370 bits per heavy atom. The van der Waals surface area contributed by atoms with Gasteiger partial charge < -0.3 is 16.8 Å². The third kappa shape index (κ3) is 51.4. The molecule has 0 radical (unpaired) electrons. The van der Waals surface area contributed by atoms with Crippen LogP contribution in [-0.4, -0.2) is 60.3 Å². The van der Waals surface area contributed by atoms with Crippen molar-refractivity contribution >= 4 is 48.2 Å². The van der Waals surface area contributed by atoms with Crippen LogP contribution in [0.4, 0.5) is 0 Å². The lowest BCUT2D eigenvalue weighted by Gasteiger charge is -2.19. The second kappa shape index (κ2) is 55.9. The number of rotatable bonds is 55. The Balaban J connectivity index is 4.93. The minimum atomic E-state index is -1.15. The quantitative estimate of drug-likeness (QED) is 0.0151. The highest BCUT2D eigenvalue weighted by atomic mass is 16.2. The van der Waals surface area contributed by atoms with Gasteiger partial charge in [-0.25, -0.2) is 21.3 Å². The molecule has 4 amide bonds. The molecule has 0 aromatic rings. The van der Waals surface area contributed by atoms with Crippen LogP contribution >= 0.6 is 0 Å². The SMILES string of the molecule is CCCCCCCCCCCCCCC/C=N/NC(=O)CC[C@H](N=C(N)N)C(=O)N[C@@H](CCC(=O)N/N=C/CCCCCCCCCCCCCCC)C(=O)N/N=C/CCCCCCCCCCCCCCC. The number of hydrogen-bond donors (Lipinski definition) is 6. The normalized spacial score (nSPS) is 12.4. The Morgan fingerprint density at radius 3 is 0.945 bits per heavy atom. The summed E-state index contributed by atoms with van der Waals surface area (Å²) in [6.07, 6.45) is 57.1. The number of nitrogens with two attached hydrogens (primary N) is 2. The fourth-order valence-corrected chi connectivity index (χ4v) is 9.00. The molecule has 0 aliphatic rings. The zero-order valence-corrected chi connectivity index (χ0v) is 47.5. The molecule has 0 aliphatic heterocycles. The van der Waals surface area contributed by atoms with Gasteiger partial charge in [0.15, 0.2) is 5.96 Å². The highest BCUT2D eigenvalue weighted by molar-refractivity contribution is 5.92. The highest BCUT2D eigenvalue weighted by Crippen LogP contribution is 2.16. The minimum absolute atomic E-state index is 0.0187. The summed E-state index contributed by atoms with van der Waals surface area (Å²) in [5, 5.41) is 15.0. The largest absolute Gasteiger partial charge is 0.370 e. The lowest BCUT2D eigenvalue weighted by Crippen LogP contribution is -2.49. The van der Waals surface area contributed by atoms with E-state index in [1.807, 2.05) is 0 Å². The topological polar surface area (TPSA) is 218 Å². The molecule has 0 aromatic carbocycles. The molecule has 8 N–H and O–H groups in total. The smallest absolute Gasteiger partial charge is 0.262 e. The molecular formula is C59H114N10O4. The van der Waals surface area contributed by atoms with Crippen molar-refractivity contribution < 1.29 is 19.2 Å². The summed E-state index contributed by atoms with van der Waals surface area (Å²) in [6, 6.07) is -2.27. The van der Waals surface area contributed by atoms with Crippen LogP contribution in [0.2, 0.25) is 0 Å². The van der Waals surface area contributed by atoms with Crippen molar-refractivity contribution in [3.05, 3.63) is 0 Å². The van der Waals surface area contributed by atoms with E-state index < -0.39 is 23.9 Å². The van der Waals surface area contributed by atoms with Crippen molar-refractivity contribution in [2.24, 2.45) is 31.8 Å². The summed E-state index contributed by atoms with van der Waals surface area (Å²) in [4.78, 5) is 56.6. The first kappa shape index (κ1) is 69.2. The molecule has 0 rings (SSSR count). The van der Waals surface area contributed by atoms with Gasteiger partial charge in [-0.15, -0.1) is 0 Å². The summed E-state index contributed by atoms with van der Waals surface area (Å²) in [6.45, 7) is 6.77. The van der Waals surface area contributed by atoms with E-state index in [2.05, 4.69) is 62.7 Å². The summed E-state index contributed by atoms with van der Waals surface area (Å²) in [5.74, 6) is -2.33. The molecule has 14 nitrogen and oxygen atoms in total. The van der Waals surface area contributed by atoms with Crippen LogP contribution in [0.3, 0.4) is 0 Å². The Hall–Kier alpha value is -3.84. The van der Waals surface area contributed by atoms with E-state index in [-0.39, 0.29) is 43.5 Å². The fourth-order valence-electron chi connectivity index (χ4n) is 9.00. The number of hydrazone groups is 3. The van der Waals surface area contributed by atoms with Gasteiger partial charge in [-0.3, -0.25) is 19.2 Å². The predicted octanol–water partition coefficient (Wildman–Crippen LogP) is 14.4. The number of nitrogens with zero attached hydrogens (tertiary/aromatic N) is 4. The first-order valence-corrected chi connectivity index (χ1v) is 30.6. The average molecular weight is 1030 g/mol. The molecule has 0 unspecified atom stereocenters. The van der Waals surface area contributed by atoms with Crippen molar-refractivity contribution in [2.45, 2.75) is 328 Å². The van der Waals surface area contributed by atoms with E-state index in [1.54, 1.807) is 18.6 Å². The lowest BCUT2D eigenvalue weighted by atomic mass is 10.0. The molecule has 0 spiro atoms. The number of amides is 4. The molecule has 14 heteroatoms. The Kier molecular flexibility index (Phi) is 53.0. The van der Waals surface area contributed by atoms with E-state index in [0.717, 1.165) is 51.4 Å². The molecule has 0 saturated heterocycles. The van der Waals surface area contributed by atoms with Crippen molar-refractivity contribution in [3.8, 4) is 0 Å². The van der Waals surface area contributed by atoms with Gasteiger partial charge in [0.1, 0.15) is 12.1 Å². The van der Waals surface area contributed by atoms with Gasteiger partial charge in [0.25, 0.3) is 5.91 Å². The van der Waals surface area contributed by atoms with E-state index in [0.29, 0.717) is 6.42 Å². The number of carbonyl (C=O) groups excluding carboxylic acids is 4. The van der Waals surface area contributed by atoms with Crippen molar-refractivity contribution in [2.75, 3.05) is 0 Å². The van der Waals surface area contributed by atoms with E-state index in [9.17, 15) is 19.2 Å². The summed E-state index contributed by atoms with van der Waals surface area (Å²) in [5.41, 5.74) is 19.0. The number of carbonyl (C=O) groups is 4. The molecule has 0 heterocycles. The number of guanidine groups is 1. The second-order valence-electron chi connectivity index (χ2n) is 20.8. The highest BCUT2D eigenvalue weighted by Gasteiger charge is 2.27. The predicted molar refractivity (Wildman–Crippen MR) is 311 cm³/mol. The van der Waals surface area contributed by atoms with Crippen molar-refractivity contribution in [1.29, 1.82) is 0 Å². The van der Waals surface area contributed by atoms with Gasteiger partial charge in [0.2, 0.25) is 17.7 Å².